The molecule has 1 unspecified atom stereocenters. The Morgan fingerprint density at radius 3 is 2.71 bits per heavy atom. The summed E-state index contributed by atoms with van der Waals surface area (Å²) in [6.07, 6.45) is 2.80. The second-order valence-corrected chi connectivity index (χ2v) is 8.59. The van der Waals surface area contributed by atoms with Crippen LogP contribution in [0.15, 0.2) is 48.7 Å². The third-order valence-electron chi connectivity index (χ3n) is 5.52. The molecule has 1 atom stereocenters. The van der Waals surface area contributed by atoms with Gasteiger partial charge in [0, 0.05) is 17.1 Å². The zero-order valence-electron chi connectivity index (χ0n) is 17.8. The third-order valence-corrected chi connectivity index (χ3v) is 5.76. The molecule has 7 heteroatoms. The van der Waals surface area contributed by atoms with Gasteiger partial charge in [-0.15, -0.1) is 0 Å². The van der Waals surface area contributed by atoms with Gasteiger partial charge in [0.1, 0.15) is 0 Å². The monoisotopic (exact) mass is 436 g/mol. The smallest absolute Gasteiger partial charge is 0.255 e. The minimum atomic E-state index is -0.190. The zero-order valence-corrected chi connectivity index (χ0v) is 18.5. The molecular weight excluding hydrogens is 412 g/mol. The highest BCUT2D eigenvalue weighted by atomic mass is 35.5. The number of carbonyl (C=O) groups excluding carboxylic acids is 2. The lowest BCUT2D eigenvalue weighted by Crippen LogP contribution is -2.28. The number of rotatable bonds is 5. The first-order chi connectivity index (χ1) is 14.8. The van der Waals surface area contributed by atoms with Crippen LogP contribution in [0.5, 0.6) is 0 Å². The van der Waals surface area contributed by atoms with Crippen molar-refractivity contribution in [3.8, 4) is 5.69 Å². The van der Waals surface area contributed by atoms with Gasteiger partial charge in [-0.2, -0.15) is 5.10 Å². The second-order valence-electron chi connectivity index (χ2n) is 8.15. The van der Waals surface area contributed by atoms with Gasteiger partial charge in [0.05, 0.1) is 29.2 Å². The first-order valence-electron chi connectivity index (χ1n) is 10.4. The lowest BCUT2D eigenvalue weighted by atomic mass is 9.97. The van der Waals surface area contributed by atoms with Gasteiger partial charge >= 0.3 is 0 Å². The van der Waals surface area contributed by atoms with Gasteiger partial charge in [-0.1, -0.05) is 43.6 Å². The maximum Gasteiger partial charge on any atom is 0.255 e. The fraction of sp³-hybridized carbons (Fsp3) is 0.292. The van der Waals surface area contributed by atoms with Gasteiger partial charge in [-0.3, -0.25) is 9.59 Å². The van der Waals surface area contributed by atoms with Crippen molar-refractivity contribution in [3.63, 3.8) is 0 Å². The molecule has 160 valence electrons. The molecule has 31 heavy (non-hydrogen) atoms. The van der Waals surface area contributed by atoms with Crippen LogP contribution in [0, 0.1) is 0 Å². The molecule has 2 aromatic carbocycles. The Bertz CT molecular complexity index is 1150. The van der Waals surface area contributed by atoms with Crippen molar-refractivity contribution in [2.75, 3.05) is 5.32 Å². The number of aromatic nitrogens is 2. The average Bonchev–Trinajstić information content (AvgIpc) is 3.19. The zero-order chi connectivity index (χ0) is 22.1. The van der Waals surface area contributed by atoms with E-state index >= 15 is 0 Å². The number of amides is 2. The number of fused-ring (bicyclic) bond motifs is 1. The number of aryl methyl sites for hydroxylation is 1. The third kappa shape index (κ3) is 4.35. The first-order valence-corrected chi connectivity index (χ1v) is 10.8. The number of nitrogens with one attached hydrogen (secondary N) is 2. The Hall–Kier alpha value is -3.12. The van der Waals surface area contributed by atoms with E-state index in [9.17, 15) is 9.59 Å². The van der Waals surface area contributed by atoms with Gasteiger partial charge in [-0.05, 0) is 54.7 Å². The van der Waals surface area contributed by atoms with Crippen LogP contribution in [0.1, 0.15) is 66.3 Å². The van der Waals surface area contributed by atoms with Crippen molar-refractivity contribution in [2.45, 2.75) is 45.6 Å². The van der Waals surface area contributed by atoms with Crippen molar-refractivity contribution in [1.82, 2.24) is 15.1 Å². The summed E-state index contributed by atoms with van der Waals surface area (Å²) in [5.41, 5.74) is 5.14. The Labute approximate surface area is 186 Å². The summed E-state index contributed by atoms with van der Waals surface area (Å²) in [6.45, 7) is 6.03. The molecule has 1 aromatic heterocycles. The molecule has 0 radical (unpaired) electrons. The molecule has 2 heterocycles. The van der Waals surface area contributed by atoms with Gasteiger partial charge in [0.15, 0.2) is 0 Å². The fourth-order valence-corrected chi connectivity index (χ4v) is 4.12. The molecule has 0 bridgehead atoms. The predicted molar refractivity (Wildman–Crippen MR) is 122 cm³/mol. The lowest BCUT2D eigenvalue weighted by molar-refractivity contribution is -0.116. The standard InChI is InChI=1S/C24H25ClN4O2/c1-14(2)23-20(13-26-29(23)19-6-4-5-18(25)12-19)24(31)27-15(3)16-7-9-21-17(11-16)8-10-22(30)28-21/h4-7,9,11-15H,8,10H2,1-3H3,(H,27,31)(H,28,30). The average molecular weight is 437 g/mol. The number of halogens is 1. The van der Waals surface area contributed by atoms with Crippen LogP contribution < -0.4 is 10.6 Å². The van der Waals surface area contributed by atoms with Crippen LogP contribution in [-0.4, -0.2) is 21.6 Å². The topological polar surface area (TPSA) is 76.0 Å². The Morgan fingerprint density at radius 2 is 1.97 bits per heavy atom. The highest BCUT2D eigenvalue weighted by molar-refractivity contribution is 6.30. The number of hydrogen-bond donors (Lipinski definition) is 2. The molecule has 1 aliphatic rings. The molecule has 0 aliphatic carbocycles. The Morgan fingerprint density at radius 1 is 1.16 bits per heavy atom. The van der Waals surface area contributed by atoms with Crippen molar-refractivity contribution in [3.05, 3.63) is 76.1 Å². The summed E-state index contributed by atoms with van der Waals surface area (Å²) < 4.78 is 1.78. The minimum absolute atomic E-state index is 0.0412. The molecule has 4 rings (SSSR count). The van der Waals surface area contributed by atoms with E-state index in [-0.39, 0.29) is 23.8 Å². The molecule has 3 aromatic rings. The van der Waals surface area contributed by atoms with Gasteiger partial charge in [0.2, 0.25) is 5.91 Å². The van der Waals surface area contributed by atoms with E-state index in [0.29, 0.717) is 23.4 Å². The van der Waals surface area contributed by atoms with Crippen LogP contribution >= 0.6 is 11.6 Å². The molecule has 0 saturated carbocycles. The quantitative estimate of drug-likeness (QED) is 0.589. The van der Waals surface area contributed by atoms with E-state index in [1.807, 2.05) is 57.2 Å². The molecule has 6 nitrogen and oxygen atoms in total. The molecule has 0 saturated heterocycles. The summed E-state index contributed by atoms with van der Waals surface area (Å²) in [4.78, 5) is 24.7. The highest BCUT2D eigenvalue weighted by Gasteiger charge is 2.23. The van der Waals surface area contributed by atoms with E-state index in [2.05, 4.69) is 21.8 Å². The molecular formula is C24H25ClN4O2. The molecule has 0 spiro atoms. The largest absolute Gasteiger partial charge is 0.345 e. The maximum absolute atomic E-state index is 13.1. The van der Waals surface area contributed by atoms with E-state index in [1.54, 1.807) is 10.9 Å². The van der Waals surface area contributed by atoms with Crippen molar-refractivity contribution in [1.29, 1.82) is 0 Å². The van der Waals surface area contributed by atoms with E-state index < -0.39 is 0 Å². The molecule has 1 aliphatic heterocycles. The van der Waals surface area contributed by atoms with Gasteiger partial charge in [0.25, 0.3) is 5.91 Å². The number of hydrogen-bond acceptors (Lipinski definition) is 3. The summed E-state index contributed by atoms with van der Waals surface area (Å²) in [5, 5.41) is 11.1. The van der Waals surface area contributed by atoms with Crippen molar-refractivity contribution in [2.24, 2.45) is 0 Å². The molecule has 0 fully saturated rings. The minimum Gasteiger partial charge on any atom is -0.345 e. The summed E-state index contributed by atoms with van der Waals surface area (Å²) >= 11 is 6.15. The van der Waals surface area contributed by atoms with Crippen LogP contribution in [0.25, 0.3) is 5.69 Å². The Balaban J connectivity index is 1.58. The normalized spacial score (nSPS) is 14.2. The van der Waals surface area contributed by atoms with Crippen LogP contribution in [0.2, 0.25) is 5.02 Å². The highest BCUT2D eigenvalue weighted by Crippen LogP contribution is 2.28. The summed E-state index contributed by atoms with van der Waals surface area (Å²) in [6, 6.07) is 13.1. The summed E-state index contributed by atoms with van der Waals surface area (Å²) in [7, 11) is 0. The molecule has 2 amide bonds. The first kappa shape index (κ1) is 21.1. The number of anilines is 1. The van der Waals surface area contributed by atoms with Gasteiger partial charge in [-0.25, -0.2) is 4.68 Å². The van der Waals surface area contributed by atoms with Crippen molar-refractivity contribution >= 4 is 29.1 Å². The van der Waals surface area contributed by atoms with E-state index in [0.717, 1.165) is 28.2 Å². The van der Waals surface area contributed by atoms with Crippen molar-refractivity contribution < 1.29 is 9.59 Å². The SMILES string of the molecule is CC(C)c1c(C(=O)NC(C)c2ccc3c(c2)CCC(=O)N3)cnn1-c1cccc(Cl)c1. The number of benzene rings is 2. The van der Waals surface area contributed by atoms with Crippen LogP contribution in [-0.2, 0) is 11.2 Å². The fourth-order valence-electron chi connectivity index (χ4n) is 3.93. The number of nitrogens with zero attached hydrogens (tertiary/aromatic N) is 2. The van der Waals surface area contributed by atoms with E-state index in [4.69, 9.17) is 11.6 Å². The molecule has 2 N–H and O–H groups in total. The lowest BCUT2D eigenvalue weighted by Gasteiger charge is -2.21. The van der Waals surface area contributed by atoms with E-state index in [1.165, 1.54) is 0 Å². The van der Waals surface area contributed by atoms with Gasteiger partial charge < -0.3 is 10.6 Å². The number of carbonyl (C=O) groups is 2. The van der Waals surface area contributed by atoms with Crippen LogP contribution in [0.4, 0.5) is 5.69 Å². The Kier molecular flexibility index (Phi) is 5.83. The van der Waals surface area contributed by atoms with Crippen LogP contribution in [0.3, 0.4) is 0 Å². The summed E-state index contributed by atoms with van der Waals surface area (Å²) in [5.74, 6) is -0.0417. The second kappa shape index (κ2) is 8.55. The maximum atomic E-state index is 13.1. The predicted octanol–water partition coefficient (Wildman–Crippen LogP) is 5.02.